The maximum absolute atomic E-state index is 13.9. The van der Waals surface area contributed by atoms with Crippen molar-refractivity contribution in [2.24, 2.45) is 0 Å². The van der Waals surface area contributed by atoms with E-state index in [0.29, 0.717) is 29.5 Å². The molecule has 0 spiro atoms. The molecule has 2 amide bonds. The first-order valence-corrected chi connectivity index (χ1v) is 15.7. The monoisotopic (exact) mass is 637 g/mol. The summed E-state index contributed by atoms with van der Waals surface area (Å²) >= 11 is 12.3. The molecule has 0 aliphatic carbocycles. The van der Waals surface area contributed by atoms with Gasteiger partial charge in [0.25, 0.3) is 10.0 Å². The summed E-state index contributed by atoms with van der Waals surface area (Å²) in [5.74, 6) is -1.13. The number of benzene rings is 3. The largest absolute Gasteiger partial charge is 0.494 e. The maximum atomic E-state index is 13.9. The molecule has 3 rings (SSSR count). The number of anilines is 1. The molecular weight excluding hydrogens is 604 g/mol. The predicted molar refractivity (Wildman–Crippen MR) is 163 cm³/mol. The third kappa shape index (κ3) is 8.59. The number of hydrogen-bond donors (Lipinski definition) is 1. The molecule has 0 fully saturated rings. The summed E-state index contributed by atoms with van der Waals surface area (Å²) in [6.07, 6.45) is 1.63. The fraction of sp³-hybridized carbons (Fsp3) is 0.333. The number of rotatable bonds is 14. The summed E-state index contributed by atoms with van der Waals surface area (Å²) in [4.78, 5) is 28.2. The lowest BCUT2D eigenvalue weighted by molar-refractivity contribution is -0.139. The van der Waals surface area contributed by atoms with Crippen LogP contribution in [0.2, 0.25) is 10.0 Å². The van der Waals surface area contributed by atoms with Gasteiger partial charge in [-0.3, -0.25) is 13.9 Å². The van der Waals surface area contributed by atoms with Crippen LogP contribution in [0.25, 0.3) is 0 Å². The fourth-order valence-electron chi connectivity index (χ4n) is 4.09. The molecule has 226 valence electrons. The number of hydrogen-bond acceptors (Lipinski definition) is 5. The van der Waals surface area contributed by atoms with Crippen LogP contribution in [0.15, 0.2) is 71.6 Å². The zero-order valence-corrected chi connectivity index (χ0v) is 26.0. The molecule has 0 saturated heterocycles. The molecule has 42 heavy (non-hydrogen) atoms. The van der Waals surface area contributed by atoms with Crippen LogP contribution in [0.1, 0.15) is 39.2 Å². The third-order valence-electron chi connectivity index (χ3n) is 6.45. The number of unbranched alkanes of at least 4 members (excludes halogenated alkanes) is 1. The summed E-state index contributed by atoms with van der Waals surface area (Å²) in [5, 5.41) is 3.42. The van der Waals surface area contributed by atoms with Crippen LogP contribution in [0.3, 0.4) is 0 Å². The Kier molecular flexibility index (Phi) is 12.0. The van der Waals surface area contributed by atoms with Crippen molar-refractivity contribution in [3.05, 3.63) is 88.2 Å². The molecule has 8 nitrogen and oxygen atoms in total. The lowest BCUT2D eigenvalue weighted by Gasteiger charge is -2.32. The number of nitrogens with one attached hydrogen (secondary N) is 1. The van der Waals surface area contributed by atoms with Crippen LogP contribution in [0.5, 0.6) is 5.75 Å². The Bertz CT molecular complexity index is 1470. The van der Waals surface area contributed by atoms with Gasteiger partial charge >= 0.3 is 0 Å². The van der Waals surface area contributed by atoms with E-state index in [1.54, 1.807) is 32.0 Å². The molecule has 0 radical (unpaired) electrons. The zero-order valence-electron chi connectivity index (χ0n) is 23.6. The van der Waals surface area contributed by atoms with Crippen molar-refractivity contribution in [1.29, 1.82) is 0 Å². The molecule has 1 atom stereocenters. The van der Waals surface area contributed by atoms with Gasteiger partial charge in [-0.1, -0.05) is 42.6 Å². The minimum atomic E-state index is -4.31. The molecule has 0 aliphatic rings. The standard InChI is InChI=1S/C30H34Cl2FN3O5S/c1-4-6-17-34-30(38)21(3)35(19-22-7-16-27(31)28(32)18-22)29(37)20-36(24-10-8-23(33)9-11-24)42(39,40)26-14-12-25(13-15-26)41-5-2/h7-16,18,21H,4-6,17,19-20H2,1-3H3,(H,34,38)/t21-/m1/s1. The first-order chi connectivity index (χ1) is 20.0. The van der Waals surface area contributed by atoms with Gasteiger partial charge in [0.1, 0.15) is 24.2 Å². The number of amides is 2. The van der Waals surface area contributed by atoms with Gasteiger partial charge in [0.2, 0.25) is 11.8 Å². The number of halogens is 3. The van der Waals surface area contributed by atoms with Crippen molar-refractivity contribution >= 4 is 50.7 Å². The highest BCUT2D eigenvalue weighted by molar-refractivity contribution is 7.92. The second-order valence-electron chi connectivity index (χ2n) is 9.48. The van der Waals surface area contributed by atoms with Gasteiger partial charge < -0.3 is 15.0 Å². The van der Waals surface area contributed by atoms with Crippen LogP contribution >= 0.6 is 23.2 Å². The molecule has 3 aromatic rings. The second-order valence-corrected chi connectivity index (χ2v) is 12.2. The van der Waals surface area contributed by atoms with Gasteiger partial charge in [-0.2, -0.15) is 0 Å². The van der Waals surface area contributed by atoms with Crippen molar-refractivity contribution in [3.63, 3.8) is 0 Å². The molecule has 0 unspecified atom stereocenters. The van der Waals surface area contributed by atoms with Crippen molar-refractivity contribution in [1.82, 2.24) is 10.2 Å². The van der Waals surface area contributed by atoms with E-state index in [-0.39, 0.29) is 28.1 Å². The lowest BCUT2D eigenvalue weighted by atomic mass is 10.1. The molecular formula is C30H34Cl2FN3O5S. The number of carbonyl (C=O) groups excluding carboxylic acids is 2. The van der Waals surface area contributed by atoms with Gasteiger partial charge in [-0.05, 0) is 86.5 Å². The Morgan fingerprint density at radius 1 is 0.976 bits per heavy atom. The first-order valence-electron chi connectivity index (χ1n) is 13.5. The first kappa shape index (κ1) is 33.2. The SMILES string of the molecule is CCCCNC(=O)[C@@H](C)N(Cc1ccc(Cl)c(Cl)c1)C(=O)CN(c1ccc(F)cc1)S(=O)(=O)c1ccc(OCC)cc1. The van der Waals surface area contributed by atoms with Crippen molar-refractivity contribution in [2.45, 2.75) is 51.1 Å². The van der Waals surface area contributed by atoms with E-state index in [4.69, 9.17) is 27.9 Å². The van der Waals surface area contributed by atoms with Crippen molar-refractivity contribution in [3.8, 4) is 5.75 Å². The highest BCUT2D eigenvalue weighted by Gasteiger charge is 2.32. The molecule has 0 aliphatic heterocycles. The molecule has 0 heterocycles. The average Bonchev–Trinajstić information content (AvgIpc) is 2.97. The van der Waals surface area contributed by atoms with E-state index >= 15 is 0 Å². The van der Waals surface area contributed by atoms with Gasteiger partial charge in [-0.25, -0.2) is 12.8 Å². The Hall–Kier alpha value is -3.34. The van der Waals surface area contributed by atoms with E-state index in [1.165, 1.54) is 41.3 Å². The van der Waals surface area contributed by atoms with Crippen molar-refractivity contribution in [2.75, 3.05) is 24.0 Å². The number of nitrogens with zero attached hydrogens (tertiary/aromatic N) is 2. The quantitative estimate of drug-likeness (QED) is 0.217. The minimum Gasteiger partial charge on any atom is -0.494 e. The fourth-order valence-corrected chi connectivity index (χ4v) is 5.83. The smallest absolute Gasteiger partial charge is 0.264 e. The molecule has 1 N–H and O–H groups in total. The molecule has 0 saturated carbocycles. The molecule has 12 heteroatoms. The van der Waals surface area contributed by atoms with Gasteiger partial charge in [0, 0.05) is 13.1 Å². The van der Waals surface area contributed by atoms with Crippen LogP contribution in [-0.2, 0) is 26.2 Å². The topological polar surface area (TPSA) is 96.0 Å². The highest BCUT2D eigenvalue weighted by Crippen LogP contribution is 2.27. The van der Waals surface area contributed by atoms with Gasteiger partial charge in [0.05, 0.1) is 27.2 Å². The van der Waals surface area contributed by atoms with E-state index in [1.807, 2.05) is 6.92 Å². The Labute approximate surface area is 256 Å². The molecule has 0 aromatic heterocycles. The summed E-state index contributed by atoms with van der Waals surface area (Å²) in [7, 11) is -4.31. The summed E-state index contributed by atoms with van der Waals surface area (Å²) < 4.78 is 47.8. The summed E-state index contributed by atoms with van der Waals surface area (Å²) in [6.45, 7) is 5.50. The van der Waals surface area contributed by atoms with Gasteiger partial charge in [0.15, 0.2) is 0 Å². The van der Waals surface area contributed by atoms with Crippen LogP contribution < -0.4 is 14.4 Å². The lowest BCUT2D eigenvalue weighted by Crippen LogP contribution is -2.51. The maximum Gasteiger partial charge on any atom is 0.264 e. The molecule has 3 aromatic carbocycles. The Morgan fingerprint density at radius 2 is 1.64 bits per heavy atom. The predicted octanol–water partition coefficient (Wildman–Crippen LogP) is 6.06. The molecule has 0 bridgehead atoms. The van der Waals surface area contributed by atoms with E-state index in [0.717, 1.165) is 29.3 Å². The average molecular weight is 639 g/mol. The Balaban J connectivity index is 2.00. The Morgan fingerprint density at radius 3 is 2.24 bits per heavy atom. The van der Waals surface area contributed by atoms with Crippen LogP contribution in [0, 0.1) is 5.82 Å². The number of ether oxygens (including phenoxy) is 1. The number of carbonyl (C=O) groups is 2. The number of sulfonamides is 1. The summed E-state index contributed by atoms with van der Waals surface area (Å²) in [5.41, 5.74) is 0.668. The highest BCUT2D eigenvalue weighted by atomic mass is 35.5. The zero-order chi connectivity index (χ0) is 30.9. The van der Waals surface area contributed by atoms with Crippen molar-refractivity contribution < 1.29 is 27.1 Å². The summed E-state index contributed by atoms with van der Waals surface area (Å²) in [6, 6.07) is 14.4. The van der Waals surface area contributed by atoms with E-state index in [2.05, 4.69) is 5.32 Å². The van der Waals surface area contributed by atoms with E-state index < -0.39 is 34.3 Å². The van der Waals surface area contributed by atoms with Crippen LogP contribution in [-0.4, -0.2) is 50.9 Å². The third-order valence-corrected chi connectivity index (χ3v) is 8.98. The second kappa shape index (κ2) is 15.2. The van der Waals surface area contributed by atoms with Gasteiger partial charge in [-0.15, -0.1) is 0 Å². The minimum absolute atomic E-state index is 0.0432. The van der Waals surface area contributed by atoms with Crippen LogP contribution in [0.4, 0.5) is 10.1 Å². The van der Waals surface area contributed by atoms with E-state index in [9.17, 15) is 22.4 Å². The normalized spacial score (nSPS) is 12.0.